The molecular weight excluding hydrogens is 1250 g/mol. The fourth-order valence-corrected chi connectivity index (χ4v) is 19.1. The van der Waals surface area contributed by atoms with Gasteiger partial charge in [0.25, 0.3) is 13.4 Å². The highest BCUT2D eigenvalue weighted by atomic mass is 32.1. The molecule has 0 saturated heterocycles. The lowest BCUT2D eigenvalue weighted by Gasteiger charge is -2.47. The van der Waals surface area contributed by atoms with E-state index in [0.29, 0.717) is 0 Å². The zero-order valence-corrected chi connectivity index (χ0v) is 55.7. The standard InChI is InChI=1S/C90H57B2N5OS2/c1-6-28-58(29-7-1)65-38-16-21-45-74(65)96-78-57-79-73(92-71-44-20-23-49-83(71)98-84-55-64(93(59-30-8-2-9-31-59)60-32-10-3-11-33-60)54-82(88(84)92)97(79)77-48-27-42-69-67-40-18-25-51-86(67)100-90(69)77)56-72(78)91-70-43-19-22-46-75(70)95(62-36-14-5-15-37-62)80-52-63(53-81(96)87(80)91)94(61-34-12-4-13-35-61)76-47-26-41-68-66-39-17-24-50-85(66)99-89(68)76/h1-57H. The minimum absolute atomic E-state index is 0.227. The zero-order chi connectivity index (χ0) is 65.5. The number of thiophene rings is 2. The molecule has 2 aromatic heterocycles. The van der Waals surface area contributed by atoms with Gasteiger partial charge in [0.05, 0.1) is 37.8 Å². The first-order valence-corrected chi connectivity index (χ1v) is 35.8. The Morgan fingerprint density at radius 3 is 1.42 bits per heavy atom. The molecule has 100 heavy (non-hydrogen) atoms. The molecule has 10 heteroatoms. The predicted molar refractivity (Wildman–Crippen MR) is 427 cm³/mol. The second kappa shape index (κ2) is 22.6. The Morgan fingerprint density at radius 2 is 0.740 bits per heavy atom. The second-order valence-corrected chi connectivity index (χ2v) is 28.3. The van der Waals surface area contributed by atoms with Crippen LogP contribution in [0, 0.1) is 0 Å². The maximum absolute atomic E-state index is 7.44. The van der Waals surface area contributed by atoms with Gasteiger partial charge in [0, 0.05) is 99.4 Å². The Kier molecular flexibility index (Phi) is 12.9. The van der Waals surface area contributed by atoms with Gasteiger partial charge in [0.2, 0.25) is 0 Å². The SMILES string of the molecule is c1ccc(-c2ccccc2N2c3cc4c(cc3B3c5ccccc5N(c5ccccc5)c5cc(N(c6ccccc6)c6cccc7c6sc6ccccc67)cc2c53)B2c3ccccc3Oc3cc(N(c5ccccc5)c5ccccc5)cc(c32)N4c2cccc3c2sc2ccccc23)cc1. The largest absolute Gasteiger partial charge is 0.458 e. The maximum atomic E-state index is 7.44. The van der Waals surface area contributed by atoms with E-state index in [1.165, 1.54) is 62.2 Å². The monoisotopic (exact) mass is 1310 g/mol. The number of nitrogens with zero attached hydrogens (tertiary/aromatic N) is 5. The molecule has 4 aliphatic heterocycles. The van der Waals surface area contributed by atoms with E-state index in [1.807, 2.05) is 22.7 Å². The maximum Gasteiger partial charge on any atom is 0.256 e. The Bertz CT molecular complexity index is 6110. The minimum Gasteiger partial charge on any atom is -0.458 e. The lowest BCUT2D eigenvalue weighted by molar-refractivity contribution is 0.487. The van der Waals surface area contributed by atoms with Gasteiger partial charge in [-0.25, -0.2) is 0 Å². The molecule has 6 heterocycles. The molecular formula is C90H57B2N5OS2. The number of para-hydroxylation sites is 7. The first-order valence-electron chi connectivity index (χ1n) is 34.2. The molecule has 0 amide bonds. The van der Waals surface area contributed by atoms with Crippen molar-refractivity contribution in [2.24, 2.45) is 0 Å². The average Bonchev–Trinajstić information content (AvgIpc) is 0.782. The molecule has 0 aliphatic carbocycles. The van der Waals surface area contributed by atoms with E-state index >= 15 is 0 Å². The van der Waals surface area contributed by atoms with Crippen molar-refractivity contribution in [1.29, 1.82) is 0 Å². The third-order valence-electron chi connectivity index (χ3n) is 20.8. The molecule has 6 nitrogen and oxygen atoms in total. The van der Waals surface area contributed by atoms with Crippen molar-refractivity contribution in [2.75, 3.05) is 24.5 Å². The van der Waals surface area contributed by atoms with Crippen LogP contribution >= 0.6 is 22.7 Å². The van der Waals surface area contributed by atoms with Crippen molar-refractivity contribution in [2.45, 2.75) is 0 Å². The Morgan fingerprint density at radius 1 is 0.270 bits per heavy atom. The van der Waals surface area contributed by atoms with Crippen molar-refractivity contribution in [3.8, 4) is 22.6 Å². The first kappa shape index (κ1) is 56.8. The first-order chi connectivity index (χ1) is 49.6. The number of rotatable bonds is 10. The van der Waals surface area contributed by atoms with Gasteiger partial charge in [-0.15, -0.1) is 22.7 Å². The van der Waals surface area contributed by atoms with Crippen LogP contribution in [0.2, 0.25) is 0 Å². The number of anilines is 15. The summed E-state index contributed by atoms with van der Waals surface area (Å²) in [6, 6.07) is 128. The molecule has 0 bridgehead atoms. The number of hydrogen-bond donors (Lipinski definition) is 0. The molecule has 0 atom stereocenters. The third-order valence-corrected chi connectivity index (χ3v) is 23.2. The van der Waals surface area contributed by atoms with Crippen LogP contribution in [0.25, 0.3) is 51.5 Å². The lowest BCUT2D eigenvalue weighted by atomic mass is 9.30. The van der Waals surface area contributed by atoms with Crippen molar-refractivity contribution >= 4 is 195 Å². The fraction of sp³-hybridized carbons (Fsp3) is 0. The van der Waals surface area contributed by atoms with Crippen molar-refractivity contribution < 1.29 is 4.74 Å². The summed E-state index contributed by atoms with van der Waals surface area (Å²) in [6.45, 7) is -0.456. The van der Waals surface area contributed by atoms with Gasteiger partial charge in [-0.05, 0) is 154 Å². The predicted octanol–water partition coefficient (Wildman–Crippen LogP) is 21.5. The highest BCUT2D eigenvalue weighted by Crippen LogP contribution is 2.55. The molecule has 17 aromatic rings. The molecule has 21 rings (SSSR count). The second-order valence-electron chi connectivity index (χ2n) is 26.2. The summed E-state index contributed by atoms with van der Waals surface area (Å²) in [5, 5.41) is 4.98. The van der Waals surface area contributed by atoms with Crippen LogP contribution in [0.1, 0.15) is 0 Å². The van der Waals surface area contributed by atoms with Gasteiger partial charge in [-0.2, -0.15) is 0 Å². The van der Waals surface area contributed by atoms with Crippen LogP contribution in [0.15, 0.2) is 346 Å². The average molecular weight is 1310 g/mol. The molecule has 0 N–H and O–H groups in total. The molecule has 0 spiro atoms. The van der Waals surface area contributed by atoms with Gasteiger partial charge in [0.15, 0.2) is 0 Å². The van der Waals surface area contributed by atoms with E-state index in [2.05, 4.69) is 370 Å². The Labute approximate surface area is 588 Å². The van der Waals surface area contributed by atoms with Crippen LogP contribution in [-0.4, -0.2) is 13.4 Å². The lowest BCUT2D eigenvalue weighted by Crippen LogP contribution is -2.64. The van der Waals surface area contributed by atoms with Crippen molar-refractivity contribution in [3.63, 3.8) is 0 Å². The van der Waals surface area contributed by atoms with E-state index in [1.54, 1.807) is 0 Å². The van der Waals surface area contributed by atoms with Gasteiger partial charge in [-0.1, -0.05) is 224 Å². The summed E-state index contributed by atoms with van der Waals surface area (Å²) < 4.78 is 12.4. The van der Waals surface area contributed by atoms with E-state index in [9.17, 15) is 0 Å². The molecule has 0 unspecified atom stereocenters. The van der Waals surface area contributed by atoms with Gasteiger partial charge in [-0.3, -0.25) is 0 Å². The van der Waals surface area contributed by atoms with Crippen LogP contribution in [0.3, 0.4) is 0 Å². The number of fused-ring (bicyclic) bond motifs is 14. The van der Waals surface area contributed by atoms with Crippen LogP contribution < -0.4 is 62.0 Å². The summed E-state index contributed by atoms with van der Waals surface area (Å²) in [7, 11) is 0. The minimum atomic E-state index is -0.229. The molecule has 4 aliphatic rings. The molecule has 0 fully saturated rings. The van der Waals surface area contributed by atoms with Gasteiger partial charge < -0.3 is 29.2 Å². The zero-order valence-electron chi connectivity index (χ0n) is 54.0. The highest BCUT2D eigenvalue weighted by molar-refractivity contribution is 7.27. The number of hydrogen-bond acceptors (Lipinski definition) is 8. The number of benzene rings is 15. The quantitative estimate of drug-likeness (QED) is 0.127. The van der Waals surface area contributed by atoms with Crippen LogP contribution in [0.5, 0.6) is 11.5 Å². The summed E-state index contributed by atoms with van der Waals surface area (Å²) in [6.07, 6.45) is 0. The highest BCUT2D eigenvalue weighted by Gasteiger charge is 2.49. The van der Waals surface area contributed by atoms with Crippen molar-refractivity contribution in [3.05, 3.63) is 346 Å². The third kappa shape index (κ3) is 8.64. The smallest absolute Gasteiger partial charge is 0.256 e. The summed E-state index contributed by atoms with van der Waals surface area (Å²) in [5.74, 6) is 1.69. The van der Waals surface area contributed by atoms with Crippen LogP contribution in [0.4, 0.5) is 85.3 Å². The summed E-state index contributed by atoms with van der Waals surface area (Å²) in [4.78, 5) is 12.7. The normalized spacial score (nSPS) is 13.0. The molecule has 0 radical (unpaired) electrons. The molecule has 0 saturated carbocycles. The summed E-state index contributed by atoms with van der Waals surface area (Å²) in [5.41, 5.74) is 25.7. The van der Waals surface area contributed by atoms with Crippen molar-refractivity contribution in [1.82, 2.24) is 0 Å². The van der Waals surface area contributed by atoms with E-state index in [-0.39, 0.29) is 13.4 Å². The topological polar surface area (TPSA) is 25.4 Å². The fourth-order valence-electron chi connectivity index (χ4n) is 16.7. The molecule has 466 valence electrons. The van der Waals surface area contributed by atoms with E-state index in [0.717, 1.165) is 119 Å². The van der Waals surface area contributed by atoms with E-state index < -0.39 is 0 Å². The van der Waals surface area contributed by atoms with Gasteiger partial charge in [0.1, 0.15) is 11.5 Å². The Balaban J connectivity index is 0.910. The summed E-state index contributed by atoms with van der Waals surface area (Å²) >= 11 is 3.73. The number of ether oxygens (including phenoxy) is 1. The van der Waals surface area contributed by atoms with Gasteiger partial charge >= 0.3 is 0 Å². The Hall–Kier alpha value is -12.3. The van der Waals surface area contributed by atoms with E-state index in [4.69, 9.17) is 4.74 Å². The molecule has 15 aromatic carbocycles. The van der Waals surface area contributed by atoms with Crippen LogP contribution in [-0.2, 0) is 0 Å².